The van der Waals surface area contributed by atoms with Crippen molar-refractivity contribution in [2.45, 2.75) is 18.9 Å². The molecule has 3 rings (SSSR count). The second-order valence-corrected chi connectivity index (χ2v) is 5.91. The first-order valence-electron chi connectivity index (χ1n) is 6.84. The lowest BCUT2D eigenvalue weighted by Crippen LogP contribution is -2.36. The number of fused-ring (bicyclic) bond motifs is 1. The Labute approximate surface area is 132 Å². The molecule has 112 valence electrons. The van der Waals surface area contributed by atoms with Gasteiger partial charge >= 0.3 is 0 Å². The molecule has 2 aromatic carbocycles. The van der Waals surface area contributed by atoms with E-state index in [-0.39, 0.29) is 12.2 Å². The molecule has 0 aliphatic carbocycles. The lowest BCUT2D eigenvalue weighted by Gasteiger charge is -2.20. The maximum atomic E-state index is 12.4. The molecule has 0 spiro atoms. The smallest absolute Gasteiger partial charge is 0.261 e. The van der Waals surface area contributed by atoms with Crippen molar-refractivity contribution in [3.8, 4) is 0 Å². The number of aliphatic hydroxyl groups is 1. The van der Waals surface area contributed by atoms with Crippen LogP contribution in [0.1, 0.15) is 27.9 Å². The maximum absolute atomic E-state index is 12.4. The van der Waals surface area contributed by atoms with E-state index in [4.69, 9.17) is 11.6 Å². The van der Waals surface area contributed by atoms with Gasteiger partial charge in [0, 0.05) is 21.8 Å². The Morgan fingerprint density at radius 3 is 2.59 bits per heavy atom. The van der Waals surface area contributed by atoms with E-state index < -0.39 is 11.5 Å². The van der Waals surface area contributed by atoms with Crippen molar-refractivity contribution in [1.82, 2.24) is 0 Å². The zero-order chi connectivity index (χ0) is 15.9. The van der Waals surface area contributed by atoms with Crippen LogP contribution in [-0.4, -0.2) is 16.8 Å². The van der Waals surface area contributed by atoms with Crippen molar-refractivity contribution >= 4 is 29.0 Å². The molecule has 22 heavy (non-hydrogen) atoms. The molecule has 0 saturated heterocycles. The monoisotopic (exact) mass is 315 g/mol. The number of amides is 1. The van der Waals surface area contributed by atoms with Crippen LogP contribution in [0.4, 0.5) is 5.69 Å². The van der Waals surface area contributed by atoms with E-state index in [1.807, 2.05) is 6.92 Å². The quantitative estimate of drug-likeness (QED) is 0.855. The van der Waals surface area contributed by atoms with Crippen molar-refractivity contribution < 1.29 is 14.7 Å². The molecule has 5 heteroatoms. The molecule has 1 unspecified atom stereocenters. The van der Waals surface area contributed by atoms with E-state index >= 15 is 0 Å². The Morgan fingerprint density at radius 1 is 1.23 bits per heavy atom. The number of anilines is 1. The minimum atomic E-state index is -1.83. The third-order valence-electron chi connectivity index (χ3n) is 3.83. The van der Waals surface area contributed by atoms with Gasteiger partial charge in [-0.05, 0) is 42.8 Å². The summed E-state index contributed by atoms with van der Waals surface area (Å²) in [6.07, 6.45) is -0.309. The first kappa shape index (κ1) is 14.8. The molecular formula is C17H14ClNO3. The summed E-state index contributed by atoms with van der Waals surface area (Å²) in [6, 6.07) is 11.6. The Balaban J connectivity index is 1.93. The van der Waals surface area contributed by atoms with Gasteiger partial charge in [0.1, 0.15) is 0 Å². The molecule has 0 aromatic heterocycles. The van der Waals surface area contributed by atoms with Gasteiger partial charge in [0.05, 0.1) is 6.42 Å². The van der Waals surface area contributed by atoms with Crippen LogP contribution >= 0.6 is 11.6 Å². The number of rotatable bonds is 3. The minimum absolute atomic E-state index is 0.309. The maximum Gasteiger partial charge on any atom is 0.261 e. The van der Waals surface area contributed by atoms with Crippen molar-refractivity contribution in [2.24, 2.45) is 0 Å². The lowest BCUT2D eigenvalue weighted by molar-refractivity contribution is -0.133. The van der Waals surface area contributed by atoms with E-state index in [9.17, 15) is 14.7 Å². The third kappa shape index (κ3) is 2.40. The number of hydrogen-bond donors (Lipinski definition) is 2. The standard InChI is InChI=1S/C17H14ClNO3/c1-10-2-7-13-14(8-10)19-16(21)17(13,22)9-15(20)11-3-5-12(18)6-4-11/h2-8,22H,9H2,1H3,(H,19,21). The largest absolute Gasteiger partial charge is 0.375 e. The van der Waals surface area contributed by atoms with Crippen LogP contribution in [0, 0.1) is 6.92 Å². The van der Waals surface area contributed by atoms with Crippen LogP contribution in [-0.2, 0) is 10.4 Å². The normalized spacial score (nSPS) is 19.7. The van der Waals surface area contributed by atoms with E-state index in [0.29, 0.717) is 21.8 Å². The van der Waals surface area contributed by atoms with Crippen LogP contribution in [0.2, 0.25) is 5.02 Å². The Kier molecular flexibility index (Phi) is 3.51. The summed E-state index contributed by atoms with van der Waals surface area (Å²) < 4.78 is 0. The number of benzene rings is 2. The summed E-state index contributed by atoms with van der Waals surface area (Å²) in [5.41, 5.74) is 0.528. The number of carbonyl (C=O) groups is 2. The molecule has 0 saturated carbocycles. The van der Waals surface area contributed by atoms with Gasteiger partial charge in [0.15, 0.2) is 11.4 Å². The van der Waals surface area contributed by atoms with Gasteiger partial charge in [0.2, 0.25) is 0 Å². The molecule has 0 fully saturated rings. The second-order valence-electron chi connectivity index (χ2n) is 5.47. The molecule has 2 aromatic rings. The van der Waals surface area contributed by atoms with Crippen LogP contribution < -0.4 is 5.32 Å². The number of ketones is 1. The molecule has 2 N–H and O–H groups in total. The second kappa shape index (κ2) is 5.23. The van der Waals surface area contributed by atoms with E-state index in [2.05, 4.69) is 5.32 Å². The van der Waals surface area contributed by atoms with Crippen LogP contribution in [0.25, 0.3) is 0 Å². The van der Waals surface area contributed by atoms with Gasteiger partial charge in [-0.15, -0.1) is 0 Å². The number of carbonyl (C=O) groups excluding carboxylic acids is 2. The summed E-state index contributed by atoms with van der Waals surface area (Å²) in [5.74, 6) is -0.891. The summed E-state index contributed by atoms with van der Waals surface area (Å²) >= 11 is 5.79. The van der Waals surface area contributed by atoms with E-state index in [1.54, 1.807) is 42.5 Å². The van der Waals surface area contributed by atoms with Gasteiger partial charge in [-0.25, -0.2) is 0 Å². The number of nitrogens with one attached hydrogen (secondary N) is 1. The lowest BCUT2D eigenvalue weighted by atomic mass is 9.88. The highest BCUT2D eigenvalue weighted by Crippen LogP contribution is 2.39. The third-order valence-corrected chi connectivity index (χ3v) is 4.08. The van der Waals surface area contributed by atoms with Crippen molar-refractivity contribution in [1.29, 1.82) is 0 Å². The number of aryl methyl sites for hydroxylation is 1. The van der Waals surface area contributed by atoms with Crippen LogP contribution in [0.5, 0.6) is 0 Å². The fourth-order valence-electron chi connectivity index (χ4n) is 2.62. The Morgan fingerprint density at radius 2 is 1.91 bits per heavy atom. The van der Waals surface area contributed by atoms with Gasteiger partial charge in [-0.2, -0.15) is 0 Å². The Hall–Kier alpha value is -2.17. The Bertz CT molecular complexity index is 770. The fraction of sp³-hybridized carbons (Fsp3) is 0.176. The highest BCUT2D eigenvalue weighted by molar-refractivity contribution is 6.30. The van der Waals surface area contributed by atoms with Crippen LogP contribution in [0.3, 0.4) is 0 Å². The van der Waals surface area contributed by atoms with Crippen LogP contribution in [0.15, 0.2) is 42.5 Å². The van der Waals surface area contributed by atoms with E-state index in [0.717, 1.165) is 5.56 Å². The average Bonchev–Trinajstić information content (AvgIpc) is 2.70. The molecular weight excluding hydrogens is 302 g/mol. The summed E-state index contributed by atoms with van der Waals surface area (Å²) in [5, 5.41) is 13.9. The molecule has 0 bridgehead atoms. The molecule has 1 aliphatic heterocycles. The predicted octanol–water partition coefficient (Wildman–Crippen LogP) is 3.06. The average molecular weight is 316 g/mol. The molecule has 1 atom stereocenters. The first-order chi connectivity index (χ1) is 10.4. The molecule has 4 nitrogen and oxygen atoms in total. The topological polar surface area (TPSA) is 66.4 Å². The molecule has 1 aliphatic rings. The zero-order valence-electron chi connectivity index (χ0n) is 11.9. The van der Waals surface area contributed by atoms with Crippen molar-refractivity contribution in [2.75, 3.05) is 5.32 Å². The van der Waals surface area contributed by atoms with Gasteiger partial charge in [0.25, 0.3) is 5.91 Å². The fourth-order valence-corrected chi connectivity index (χ4v) is 2.74. The number of halogens is 1. The first-order valence-corrected chi connectivity index (χ1v) is 7.22. The highest BCUT2D eigenvalue weighted by Gasteiger charge is 2.46. The SMILES string of the molecule is Cc1ccc2c(c1)NC(=O)C2(O)CC(=O)c1ccc(Cl)cc1. The van der Waals surface area contributed by atoms with Gasteiger partial charge in [-0.1, -0.05) is 23.7 Å². The summed E-state index contributed by atoms with van der Waals surface area (Å²) in [7, 11) is 0. The van der Waals surface area contributed by atoms with Gasteiger partial charge in [-0.3, -0.25) is 9.59 Å². The van der Waals surface area contributed by atoms with E-state index in [1.165, 1.54) is 0 Å². The molecule has 1 amide bonds. The predicted molar refractivity (Wildman–Crippen MR) is 84.1 cm³/mol. The minimum Gasteiger partial charge on any atom is -0.375 e. The summed E-state index contributed by atoms with van der Waals surface area (Å²) in [4.78, 5) is 24.5. The molecule has 1 heterocycles. The van der Waals surface area contributed by atoms with Gasteiger partial charge < -0.3 is 10.4 Å². The zero-order valence-corrected chi connectivity index (χ0v) is 12.6. The van der Waals surface area contributed by atoms with Crippen molar-refractivity contribution in [3.05, 3.63) is 64.2 Å². The van der Waals surface area contributed by atoms with Crippen molar-refractivity contribution in [3.63, 3.8) is 0 Å². The number of hydrogen-bond acceptors (Lipinski definition) is 3. The highest BCUT2D eigenvalue weighted by atomic mass is 35.5. The summed E-state index contributed by atoms with van der Waals surface area (Å²) in [6.45, 7) is 1.89. The molecule has 0 radical (unpaired) electrons. The number of Topliss-reactive ketones (excluding diaryl/α,β-unsaturated/α-hetero) is 1.